The third kappa shape index (κ3) is 3.79. The molecular formula is C14H11Br2FN2O2. The molecule has 0 amide bonds. The van der Waals surface area contributed by atoms with Crippen LogP contribution >= 0.6 is 31.9 Å². The zero-order chi connectivity index (χ0) is 15.6. The number of hydrogen-bond acceptors (Lipinski definition) is 3. The minimum atomic E-state index is -0.663. The number of hydrogen-bond donors (Lipinski definition) is 1. The molecule has 1 atom stereocenters. The first-order valence-corrected chi connectivity index (χ1v) is 7.62. The molecule has 0 aliphatic heterocycles. The lowest BCUT2D eigenvalue weighted by Crippen LogP contribution is -2.08. The Kier molecular flexibility index (Phi) is 4.95. The first kappa shape index (κ1) is 15.9. The van der Waals surface area contributed by atoms with Crippen molar-refractivity contribution in [3.05, 3.63) is 66.8 Å². The fourth-order valence-electron chi connectivity index (χ4n) is 1.87. The largest absolute Gasteiger partial charge is 0.373 e. The summed E-state index contributed by atoms with van der Waals surface area (Å²) in [7, 11) is 0. The van der Waals surface area contributed by atoms with E-state index in [1.165, 1.54) is 6.07 Å². The van der Waals surface area contributed by atoms with E-state index in [0.29, 0.717) is 0 Å². The fourth-order valence-corrected chi connectivity index (χ4v) is 2.48. The van der Waals surface area contributed by atoms with Gasteiger partial charge in [0.2, 0.25) is 0 Å². The van der Waals surface area contributed by atoms with Crippen molar-refractivity contribution in [3.63, 3.8) is 0 Å². The van der Waals surface area contributed by atoms with Gasteiger partial charge in [0.1, 0.15) is 11.5 Å². The van der Waals surface area contributed by atoms with Gasteiger partial charge >= 0.3 is 0 Å². The highest BCUT2D eigenvalue weighted by atomic mass is 79.9. The second-order valence-electron chi connectivity index (χ2n) is 4.46. The first-order valence-electron chi connectivity index (χ1n) is 6.04. The molecule has 0 aliphatic rings. The molecule has 0 aliphatic carbocycles. The molecule has 1 N–H and O–H groups in total. The zero-order valence-corrected chi connectivity index (χ0v) is 14.1. The Morgan fingerprint density at radius 1 is 1.24 bits per heavy atom. The van der Waals surface area contributed by atoms with E-state index in [1.54, 1.807) is 0 Å². The molecule has 2 aromatic carbocycles. The van der Waals surface area contributed by atoms with Crippen LogP contribution in [0.1, 0.15) is 18.5 Å². The number of nitrogens with one attached hydrogen (secondary N) is 1. The molecule has 21 heavy (non-hydrogen) atoms. The van der Waals surface area contributed by atoms with Gasteiger partial charge in [-0.25, -0.2) is 4.39 Å². The van der Waals surface area contributed by atoms with Crippen molar-refractivity contribution in [1.29, 1.82) is 0 Å². The minimum Gasteiger partial charge on any atom is -0.373 e. The summed E-state index contributed by atoms with van der Waals surface area (Å²) in [5, 5.41) is 14.1. The Hall–Kier alpha value is -1.47. The van der Waals surface area contributed by atoms with E-state index >= 15 is 0 Å². The van der Waals surface area contributed by atoms with Gasteiger partial charge in [-0.15, -0.1) is 0 Å². The molecule has 0 saturated heterocycles. The molecule has 0 fully saturated rings. The van der Waals surface area contributed by atoms with Gasteiger partial charge in [-0.05, 0) is 46.6 Å². The maximum atomic E-state index is 13.4. The Labute approximate surface area is 137 Å². The van der Waals surface area contributed by atoms with Crippen molar-refractivity contribution in [2.75, 3.05) is 5.32 Å². The summed E-state index contributed by atoms with van der Waals surface area (Å²) in [5.74, 6) is -0.663. The highest BCUT2D eigenvalue weighted by Crippen LogP contribution is 2.33. The molecule has 7 heteroatoms. The lowest BCUT2D eigenvalue weighted by Gasteiger charge is -2.16. The van der Waals surface area contributed by atoms with Crippen molar-refractivity contribution >= 4 is 43.2 Å². The lowest BCUT2D eigenvalue weighted by atomic mass is 10.1. The van der Waals surface area contributed by atoms with E-state index < -0.39 is 10.7 Å². The second kappa shape index (κ2) is 6.53. The number of benzene rings is 2. The molecule has 1 unspecified atom stereocenters. The fraction of sp³-hybridized carbons (Fsp3) is 0.143. The maximum absolute atomic E-state index is 13.4. The van der Waals surface area contributed by atoms with Crippen molar-refractivity contribution < 1.29 is 9.31 Å². The number of nitro benzene ring substituents is 1. The van der Waals surface area contributed by atoms with Crippen molar-refractivity contribution in [2.24, 2.45) is 0 Å². The van der Waals surface area contributed by atoms with Crippen LogP contribution in [-0.2, 0) is 0 Å². The molecule has 110 valence electrons. The van der Waals surface area contributed by atoms with Crippen LogP contribution in [0.3, 0.4) is 0 Å². The highest BCUT2D eigenvalue weighted by Gasteiger charge is 2.19. The average Bonchev–Trinajstić information content (AvgIpc) is 2.43. The number of halogens is 3. The van der Waals surface area contributed by atoms with E-state index in [-0.39, 0.29) is 21.9 Å². The molecular weight excluding hydrogens is 407 g/mol. The molecule has 0 saturated carbocycles. The normalized spacial score (nSPS) is 12.0. The zero-order valence-electron chi connectivity index (χ0n) is 10.9. The molecule has 0 radical (unpaired) electrons. The quantitative estimate of drug-likeness (QED) is 0.532. The molecule has 0 aromatic heterocycles. The predicted octanol–water partition coefficient (Wildman–Crippen LogP) is 5.43. The Balaban J connectivity index is 2.32. The Morgan fingerprint density at radius 2 is 1.86 bits per heavy atom. The van der Waals surface area contributed by atoms with Crippen LogP contribution in [0.2, 0.25) is 0 Å². The highest BCUT2D eigenvalue weighted by molar-refractivity contribution is 9.10. The number of nitro groups is 1. The molecule has 2 rings (SSSR count). The summed E-state index contributed by atoms with van der Waals surface area (Å²) >= 11 is 6.39. The Bertz CT molecular complexity index is 677. The van der Waals surface area contributed by atoms with E-state index in [1.807, 2.05) is 31.2 Å². The summed E-state index contributed by atoms with van der Waals surface area (Å²) in [4.78, 5) is 10.4. The topological polar surface area (TPSA) is 55.2 Å². The SMILES string of the molecule is CC(Nc1cc(Br)c(F)cc1[N+](=O)[O-])c1ccc(Br)cc1. The Morgan fingerprint density at radius 3 is 2.43 bits per heavy atom. The summed E-state index contributed by atoms with van der Waals surface area (Å²) in [5.41, 5.74) is 0.941. The lowest BCUT2D eigenvalue weighted by molar-refractivity contribution is -0.384. The first-order chi connectivity index (χ1) is 9.88. The van der Waals surface area contributed by atoms with E-state index in [2.05, 4.69) is 37.2 Å². The van der Waals surface area contributed by atoms with Crippen LogP contribution in [0.15, 0.2) is 45.3 Å². The maximum Gasteiger partial charge on any atom is 0.295 e. The van der Waals surface area contributed by atoms with Gasteiger partial charge in [0.25, 0.3) is 5.69 Å². The van der Waals surface area contributed by atoms with Gasteiger partial charge in [0, 0.05) is 10.5 Å². The molecule has 0 heterocycles. The average molecular weight is 418 g/mol. The number of rotatable bonds is 4. The van der Waals surface area contributed by atoms with Crippen molar-refractivity contribution in [3.8, 4) is 0 Å². The van der Waals surface area contributed by atoms with Gasteiger partial charge in [0.15, 0.2) is 0 Å². The third-order valence-corrected chi connectivity index (χ3v) is 4.11. The molecule has 2 aromatic rings. The molecule has 0 spiro atoms. The third-order valence-electron chi connectivity index (χ3n) is 2.98. The number of nitrogens with zero attached hydrogens (tertiary/aromatic N) is 1. The van der Waals surface area contributed by atoms with E-state index in [4.69, 9.17) is 0 Å². The van der Waals surface area contributed by atoms with Crippen LogP contribution < -0.4 is 5.32 Å². The van der Waals surface area contributed by atoms with Gasteiger partial charge in [-0.2, -0.15) is 0 Å². The van der Waals surface area contributed by atoms with Crippen molar-refractivity contribution in [2.45, 2.75) is 13.0 Å². The monoisotopic (exact) mass is 416 g/mol. The van der Waals surface area contributed by atoms with Crippen molar-refractivity contribution in [1.82, 2.24) is 0 Å². The summed E-state index contributed by atoms with van der Waals surface area (Å²) in [6.45, 7) is 1.88. The van der Waals surface area contributed by atoms with E-state index in [9.17, 15) is 14.5 Å². The van der Waals surface area contributed by atoms with Crippen LogP contribution in [0.5, 0.6) is 0 Å². The smallest absolute Gasteiger partial charge is 0.295 e. The van der Waals surface area contributed by atoms with Gasteiger partial charge < -0.3 is 5.32 Å². The van der Waals surface area contributed by atoms with E-state index in [0.717, 1.165) is 16.1 Å². The minimum absolute atomic E-state index is 0.158. The van der Waals surface area contributed by atoms with Crippen LogP contribution in [0.4, 0.5) is 15.8 Å². The van der Waals surface area contributed by atoms with Crippen LogP contribution in [-0.4, -0.2) is 4.92 Å². The standard InChI is InChI=1S/C14H11Br2FN2O2/c1-8(9-2-4-10(15)5-3-9)18-13-6-11(16)12(17)7-14(13)19(20)21/h2-8,18H,1H3. The van der Waals surface area contributed by atoms with Crippen LogP contribution in [0, 0.1) is 15.9 Å². The summed E-state index contributed by atoms with van der Waals surface area (Å²) in [6, 6.07) is 9.72. The van der Waals surface area contributed by atoms with Gasteiger partial charge in [0.05, 0.1) is 15.5 Å². The summed E-state index contributed by atoms with van der Waals surface area (Å²) in [6.07, 6.45) is 0. The number of anilines is 1. The summed E-state index contributed by atoms with van der Waals surface area (Å²) < 4.78 is 14.6. The molecule has 0 bridgehead atoms. The second-order valence-corrected chi connectivity index (χ2v) is 6.23. The van der Waals surface area contributed by atoms with Gasteiger partial charge in [-0.1, -0.05) is 28.1 Å². The van der Waals surface area contributed by atoms with Gasteiger partial charge in [-0.3, -0.25) is 10.1 Å². The van der Waals surface area contributed by atoms with Crippen LogP contribution in [0.25, 0.3) is 0 Å². The predicted molar refractivity (Wildman–Crippen MR) is 86.9 cm³/mol. The molecule has 4 nitrogen and oxygen atoms in total.